The topological polar surface area (TPSA) is 52.5 Å². The minimum atomic E-state index is -0.666. The maximum atomic E-state index is 10.2. The van der Waals surface area contributed by atoms with Gasteiger partial charge in [-0.3, -0.25) is 0 Å². The lowest BCUT2D eigenvalue weighted by molar-refractivity contribution is 0.450. The van der Waals surface area contributed by atoms with E-state index in [1.54, 1.807) is 12.4 Å². The largest absolute Gasteiger partial charge is 0.349 e. The van der Waals surface area contributed by atoms with Crippen LogP contribution in [0.25, 0.3) is 0 Å². The number of unbranched alkanes of at least 4 members (excludes halogenated alkanes) is 7. The Hall–Kier alpha value is -1.31. The first kappa shape index (κ1) is 22.0. The summed E-state index contributed by atoms with van der Waals surface area (Å²) in [5.74, 6) is 0.826. The second-order valence-corrected chi connectivity index (χ2v) is 8.58. The van der Waals surface area contributed by atoms with Crippen molar-refractivity contribution in [1.29, 1.82) is 5.26 Å². The lowest BCUT2D eigenvalue weighted by Crippen LogP contribution is -2.28. The van der Waals surface area contributed by atoms with Crippen LogP contribution < -0.4 is 0 Å². The summed E-state index contributed by atoms with van der Waals surface area (Å²) >= 11 is 10.0. The van der Waals surface area contributed by atoms with Crippen LogP contribution in [0.3, 0.4) is 0 Å². The monoisotopic (exact) mass is 449 g/mol. The Balaban J connectivity index is 2.06. The van der Waals surface area contributed by atoms with E-state index >= 15 is 0 Å². The average molecular weight is 451 g/mol. The van der Waals surface area contributed by atoms with Gasteiger partial charge in [-0.05, 0) is 30.2 Å². The average Bonchev–Trinajstić information content (AvgIpc) is 3.18. The first-order valence-electron chi connectivity index (χ1n) is 9.96. The number of nitrogens with one attached hydrogen (secondary N) is 1. The number of hydrogen-bond acceptors (Lipinski definition) is 2. The van der Waals surface area contributed by atoms with Gasteiger partial charge in [0, 0.05) is 28.3 Å². The Labute approximate surface area is 176 Å². The van der Waals surface area contributed by atoms with E-state index in [0.717, 1.165) is 35.1 Å². The SMILES string of the molecule is CCCCCCCCCCC(C#N)(Cc1ncc[nH]1)c1cc(Br)ccc1Cl. The molecule has 0 aliphatic rings. The fraction of sp³-hybridized carbons (Fsp3) is 0.545. The molecule has 0 spiro atoms. The Morgan fingerprint density at radius 1 is 1.15 bits per heavy atom. The molecule has 1 aromatic carbocycles. The number of H-pyrrole nitrogens is 1. The summed E-state index contributed by atoms with van der Waals surface area (Å²) in [6.07, 6.45) is 14.8. The molecular formula is C22H29BrClN3. The van der Waals surface area contributed by atoms with Crippen LogP contribution in [-0.4, -0.2) is 9.97 Å². The number of imidazole rings is 1. The number of halogens is 2. The number of aromatic nitrogens is 2. The predicted octanol–water partition coefficient (Wildman–Crippen LogP) is 7.36. The van der Waals surface area contributed by atoms with Crippen molar-refractivity contribution in [3.05, 3.63) is 51.5 Å². The first-order chi connectivity index (χ1) is 13.1. The van der Waals surface area contributed by atoms with Gasteiger partial charge < -0.3 is 4.98 Å². The van der Waals surface area contributed by atoms with Crippen molar-refractivity contribution >= 4 is 27.5 Å². The molecule has 1 atom stereocenters. The number of rotatable bonds is 12. The summed E-state index contributed by atoms with van der Waals surface area (Å²) < 4.78 is 0.942. The molecular weight excluding hydrogens is 422 g/mol. The van der Waals surface area contributed by atoms with Crippen molar-refractivity contribution in [1.82, 2.24) is 9.97 Å². The lowest BCUT2D eigenvalue weighted by atomic mass is 9.74. The van der Waals surface area contributed by atoms with Crippen molar-refractivity contribution in [3.8, 4) is 6.07 Å². The summed E-state index contributed by atoms with van der Waals surface area (Å²) in [5, 5.41) is 10.8. The van der Waals surface area contributed by atoms with E-state index in [4.69, 9.17) is 11.6 Å². The molecule has 0 saturated carbocycles. The second kappa shape index (κ2) is 11.5. The van der Waals surface area contributed by atoms with E-state index in [2.05, 4.69) is 38.9 Å². The summed E-state index contributed by atoms with van der Waals surface area (Å²) in [6.45, 7) is 2.24. The highest BCUT2D eigenvalue weighted by atomic mass is 79.9. The van der Waals surface area contributed by atoms with Gasteiger partial charge in [-0.1, -0.05) is 85.8 Å². The third kappa shape index (κ3) is 6.66. The minimum Gasteiger partial charge on any atom is -0.349 e. The molecule has 146 valence electrons. The molecule has 3 nitrogen and oxygen atoms in total. The third-order valence-corrected chi connectivity index (χ3v) is 5.96. The van der Waals surface area contributed by atoms with Crippen LogP contribution in [0, 0.1) is 11.3 Å². The number of nitrogens with zero attached hydrogens (tertiary/aromatic N) is 2. The van der Waals surface area contributed by atoms with Crippen molar-refractivity contribution in [2.75, 3.05) is 0 Å². The van der Waals surface area contributed by atoms with E-state index in [1.807, 2.05) is 18.2 Å². The van der Waals surface area contributed by atoms with Crippen LogP contribution in [0.1, 0.15) is 76.1 Å². The van der Waals surface area contributed by atoms with Crippen LogP contribution in [0.5, 0.6) is 0 Å². The number of aromatic amines is 1. The van der Waals surface area contributed by atoms with Crippen LogP contribution in [0.4, 0.5) is 0 Å². The van der Waals surface area contributed by atoms with Crippen molar-refractivity contribution in [2.45, 2.75) is 76.5 Å². The molecule has 2 rings (SSSR count). The van der Waals surface area contributed by atoms with Crippen LogP contribution >= 0.6 is 27.5 Å². The third-order valence-electron chi connectivity index (χ3n) is 5.14. The molecule has 0 bridgehead atoms. The van der Waals surface area contributed by atoms with Gasteiger partial charge in [-0.2, -0.15) is 5.26 Å². The van der Waals surface area contributed by atoms with Gasteiger partial charge in [0.1, 0.15) is 5.82 Å². The lowest BCUT2D eigenvalue weighted by Gasteiger charge is -2.28. The van der Waals surface area contributed by atoms with Crippen molar-refractivity contribution in [2.24, 2.45) is 0 Å². The Bertz CT molecular complexity index is 724. The molecule has 2 aromatic rings. The summed E-state index contributed by atoms with van der Waals surface area (Å²) in [4.78, 5) is 7.50. The standard InChI is InChI=1S/C22H29BrClN3/c1-2-3-4-5-6-7-8-9-12-22(17-25,16-21-26-13-14-27-21)19-15-18(23)10-11-20(19)24/h10-11,13-15H,2-9,12,16H2,1H3,(H,26,27). The molecule has 1 heterocycles. The quantitative estimate of drug-likeness (QED) is 0.343. The molecule has 0 saturated heterocycles. The second-order valence-electron chi connectivity index (χ2n) is 7.26. The van der Waals surface area contributed by atoms with Crippen LogP contribution in [0.2, 0.25) is 5.02 Å². The van der Waals surface area contributed by atoms with Gasteiger partial charge in [-0.15, -0.1) is 0 Å². The molecule has 5 heteroatoms. The van der Waals surface area contributed by atoms with Gasteiger partial charge in [0.15, 0.2) is 0 Å². The highest BCUT2D eigenvalue weighted by Gasteiger charge is 2.35. The van der Waals surface area contributed by atoms with Crippen LogP contribution in [-0.2, 0) is 11.8 Å². The molecule has 0 amide bonds. The van der Waals surface area contributed by atoms with E-state index in [0.29, 0.717) is 11.4 Å². The maximum absolute atomic E-state index is 10.2. The van der Waals surface area contributed by atoms with Crippen molar-refractivity contribution < 1.29 is 0 Å². The smallest absolute Gasteiger partial charge is 0.107 e. The van der Waals surface area contributed by atoms with Gasteiger partial charge in [0.2, 0.25) is 0 Å². The van der Waals surface area contributed by atoms with Gasteiger partial charge in [0.05, 0.1) is 11.5 Å². The van der Waals surface area contributed by atoms with E-state index in [-0.39, 0.29) is 0 Å². The molecule has 0 radical (unpaired) electrons. The maximum Gasteiger partial charge on any atom is 0.107 e. The zero-order valence-corrected chi connectivity index (χ0v) is 18.5. The molecule has 0 aliphatic heterocycles. The zero-order chi connectivity index (χ0) is 19.5. The molecule has 0 aliphatic carbocycles. The first-order valence-corrected chi connectivity index (χ1v) is 11.1. The molecule has 1 unspecified atom stereocenters. The van der Waals surface area contributed by atoms with Crippen molar-refractivity contribution in [3.63, 3.8) is 0 Å². The predicted molar refractivity (Wildman–Crippen MR) is 116 cm³/mol. The Morgan fingerprint density at radius 3 is 2.48 bits per heavy atom. The Kier molecular flexibility index (Phi) is 9.38. The van der Waals surface area contributed by atoms with Crippen LogP contribution in [0.15, 0.2) is 35.1 Å². The van der Waals surface area contributed by atoms with Gasteiger partial charge >= 0.3 is 0 Å². The van der Waals surface area contributed by atoms with Gasteiger partial charge in [-0.25, -0.2) is 4.98 Å². The fourth-order valence-electron chi connectivity index (χ4n) is 3.58. The van der Waals surface area contributed by atoms with E-state index in [9.17, 15) is 5.26 Å². The highest BCUT2D eigenvalue weighted by molar-refractivity contribution is 9.10. The minimum absolute atomic E-state index is 0.545. The highest BCUT2D eigenvalue weighted by Crippen LogP contribution is 2.38. The zero-order valence-electron chi connectivity index (χ0n) is 16.1. The number of benzene rings is 1. The summed E-state index contributed by atoms with van der Waals surface area (Å²) in [6, 6.07) is 8.35. The van der Waals surface area contributed by atoms with E-state index in [1.165, 1.54) is 38.5 Å². The molecule has 1 aromatic heterocycles. The number of nitriles is 1. The normalized spacial score (nSPS) is 13.3. The Morgan fingerprint density at radius 2 is 1.85 bits per heavy atom. The van der Waals surface area contributed by atoms with E-state index < -0.39 is 5.41 Å². The summed E-state index contributed by atoms with van der Waals surface area (Å²) in [5.41, 5.74) is 0.224. The molecule has 27 heavy (non-hydrogen) atoms. The number of hydrogen-bond donors (Lipinski definition) is 1. The molecule has 1 N–H and O–H groups in total. The van der Waals surface area contributed by atoms with Gasteiger partial charge in [0.25, 0.3) is 0 Å². The molecule has 0 fully saturated rings. The fourth-order valence-corrected chi connectivity index (χ4v) is 4.24. The summed E-state index contributed by atoms with van der Waals surface area (Å²) in [7, 11) is 0.